The van der Waals surface area contributed by atoms with E-state index in [0.717, 1.165) is 35.4 Å². The van der Waals surface area contributed by atoms with Gasteiger partial charge in [0.25, 0.3) is 0 Å². The molecule has 0 atom stereocenters. The van der Waals surface area contributed by atoms with Crippen LogP contribution < -0.4 is 0 Å². The molecule has 2 fully saturated rings. The zero-order chi connectivity index (χ0) is 13.6. The molecule has 2 aliphatic carbocycles. The second-order valence-electron chi connectivity index (χ2n) is 5.78. The fourth-order valence-electron chi connectivity index (χ4n) is 3.16. The Balaban J connectivity index is 1.98. The minimum Gasteiger partial charge on any atom is -0.207 e. The maximum absolute atomic E-state index is 13.0. The molecule has 19 heavy (non-hydrogen) atoms. The van der Waals surface area contributed by atoms with Crippen LogP contribution in [0.4, 0.5) is 0 Å². The standard InChI is InChI=1S/C14H21NO2S2/c1-10-9-14(11(2)18-10)19(16,17)15(13-7-8-13)12-5-3-4-6-12/h9,12-13H,3-8H2,1-2H3. The summed E-state index contributed by atoms with van der Waals surface area (Å²) in [6.45, 7) is 3.90. The van der Waals surface area contributed by atoms with Crippen molar-refractivity contribution in [2.75, 3.05) is 0 Å². The first-order valence-electron chi connectivity index (χ1n) is 7.11. The van der Waals surface area contributed by atoms with E-state index in [1.54, 1.807) is 11.3 Å². The molecule has 0 aliphatic heterocycles. The molecule has 0 unspecified atom stereocenters. The predicted molar refractivity (Wildman–Crippen MR) is 78.1 cm³/mol. The van der Waals surface area contributed by atoms with Crippen LogP contribution in [0.1, 0.15) is 48.3 Å². The third-order valence-electron chi connectivity index (χ3n) is 4.14. The number of aryl methyl sites for hydroxylation is 2. The number of hydrogen-bond acceptors (Lipinski definition) is 3. The van der Waals surface area contributed by atoms with Crippen molar-refractivity contribution >= 4 is 21.4 Å². The van der Waals surface area contributed by atoms with E-state index in [1.807, 2.05) is 24.2 Å². The summed E-state index contributed by atoms with van der Waals surface area (Å²) in [5.74, 6) is 0. The molecular weight excluding hydrogens is 278 g/mol. The molecule has 3 nitrogen and oxygen atoms in total. The summed E-state index contributed by atoms with van der Waals surface area (Å²) in [4.78, 5) is 2.56. The molecule has 1 aromatic heterocycles. The molecule has 0 N–H and O–H groups in total. The first-order chi connectivity index (χ1) is 9.00. The van der Waals surface area contributed by atoms with Gasteiger partial charge < -0.3 is 0 Å². The Morgan fingerprint density at radius 2 is 1.68 bits per heavy atom. The Hall–Kier alpha value is -0.390. The summed E-state index contributed by atoms with van der Waals surface area (Å²) < 4.78 is 27.8. The topological polar surface area (TPSA) is 37.4 Å². The van der Waals surface area contributed by atoms with Crippen LogP contribution in [0.25, 0.3) is 0 Å². The van der Waals surface area contributed by atoms with E-state index in [9.17, 15) is 8.42 Å². The molecule has 0 spiro atoms. The molecule has 0 amide bonds. The Labute approximate surface area is 119 Å². The highest BCUT2D eigenvalue weighted by Gasteiger charge is 2.43. The van der Waals surface area contributed by atoms with E-state index in [-0.39, 0.29) is 12.1 Å². The number of hydrogen-bond donors (Lipinski definition) is 0. The lowest BCUT2D eigenvalue weighted by Gasteiger charge is -2.28. The molecule has 2 saturated carbocycles. The lowest BCUT2D eigenvalue weighted by molar-refractivity contribution is 0.314. The van der Waals surface area contributed by atoms with Crippen LogP contribution in [0.5, 0.6) is 0 Å². The van der Waals surface area contributed by atoms with Crippen molar-refractivity contribution in [3.8, 4) is 0 Å². The molecule has 3 rings (SSSR count). The Morgan fingerprint density at radius 3 is 2.16 bits per heavy atom. The predicted octanol–water partition coefficient (Wildman–Crippen LogP) is 3.46. The van der Waals surface area contributed by atoms with Gasteiger partial charge in [-0.05, 0) is 45.6 Å². The van der Waals surface area contributed by atoms with Crippen LogP contribution in [-0.4, -0.2) is 24.8 Å². The van der Waals surface area contributed by atoms with E-state index in [0.29, 0.717) is 4.90 Å². The Kier molecular flexibility index (Phi) is 3.48. The lowest BCUT2D eigenvalue weighted by atomic mass is 10.2. The highest BCUT2D eigenvalue weighted by Crippen LogP contribution is 2.40. The largest absolute Gasteiger partial charge is 0.244 e. The van der Waals surface area contributed by atoms with Gasteiger partial charge in [0.05, 0.1) is 4.90 Å². The maximum atomic E-state index is 13.0. The summed E-state index contributed by atoms with van der Waals surface area (Å²) in [5.41, 5.74) is 0. The second kappa shape index (κ2) is 4.86. The van der Waals surface area contributed by atoms with Crippen molar-refractivity contribution < 1.29 is 8.42 Å². The van der Waals surface area contributed by atoms with E-state index in [4.69, 9.17) is 0 Å². The highest BCUT2D eigenvalue weighted by atomic mass is 32.2. The summed E-state index contributed by atoms with van der Waals surface area (Å²) in [7, 11) is -3.29. The van der Waals surface area contributed by atoms with Crippen molar-refractivity contribution in [1.29, 1.82) is 0 Å². The van der Waals surface area contributed by atoms with Crippen LogP contribution in [0, 0.1) is 13.8 Å². The number of thiophene rings is 1. The fourth-order valence-corrected chi connectivity index (χ4v) is 6.61. The number of nitrogens with zero attached hydrogens (tertiary/aromatic N) is 1. The van der Waals surface area contributed by atoms with Gasteiger partial charge in [-0.3, -0.25) is 0 Å². The minimum absolute atomic E-state index is 0.247. The highest BCUT2D eigenvalue weighted by molar-refractivity contribution is 7.89. The average molecular weight is 299 g/mol. The van der Waals surface area contributed by atoms with Gasteiger partial charge >= 0.3 is 0 Å². The van der Waals surface area contributed by atoms with E-state index < -0.39 is 10.0 Å². The molecule has 0 radical (unpaired) electrons. The molecule has 1 heterocycles. The molecule has 2 aliphatic rings. The minimum atomic E-state index is -3.29. The SMILES string of the molecule is Cc1cc(S(=O)(=O)N(C2CCCC2)C2CC2)c(C)s1. The molecule has 0 aromatic carbocycles. The van der Waals surface area contributed by atoms with Gasteiger partial charge in [-0.2, -0.15) is 4.31 Å². The van der Waals surface area contributed by atoms with Crippen molar-refractivity contribution in [2.24, 2.45) is 0 Å². The average Bonchev–Trinajstić information content (AvgIpc) is 2.86. The number of rotatable bonds is 4. The van der Waals surface area contributed by atoms with Gasteiger partial charge in [-0.15, -0.1) is 11.3 Å². The zero-order valence-corrected chi connectivity index (χ0v) is 13.2. The molecule has 5 heteroatoms. The van der Waals surface area contributed by atoms with E-state index >= 15 is 0 Å². The molecule has 0 bridgehead atoms. The first-order valence-corrected chi connectivity index (χ1v) is 9.36. The quantitative estimate of drug-likeness (QED) is 0.854. The maximum Gasteiger partial charge on any atom is 0.244 e. The van der Waals surface area contributed by atoms with Crippen LogP contribution in [0.3, 0.4) is 0 Å². The van der Waals surface area contributed by atoms with Crippen molar-refractivity contribution in [1.82, 2.24) is 4.31 Å². The third-order valence-corrected chi connectivity index (χ3v) is 7.37. The molecule has 106 valence electrons. The van der Waals surface area contributed by atoms with Crippen LogP contribution >= 0.6 is 11.3 Å². The van der Waals surface area contributed by atoms with Gasteiger partial charge in [-0.1, -0.05) is 12.8 Å². The van der Waals surface area contributed by atoms with Crippen molar-refractivity contribution in [3.05, 3.63) is 15.8 Å². The monoisotopic (exact) mass is 299 g/mol. The van der Waals surface area contributed by atoms with Gasteiger partial charge in [-0.25, -0.2) is 8.42 Å². The summed E-state index contributed by atoms with van der Waals surface area (Å²) in [6.07, 6.45) is 6.50. The third kappa shape index (κ3) is 2.48. The summed E-state index contributed by atoms with van der Waals surface area (Å²) in [6, 6.07) is 2.37. The Bertz CT molecular complexity index is 566. The van der Waals surface area contributed by atoms with Gasteiger partial charge in [0.15, 0.2) is 0 Å². The van der Waals surface area contributed by atoms with Gasteiger partial charge in [0.1, 0.15) is 0 Å². The Morgan fingerprint density at radius 1 is 1.11 bits per heavy atom. The summed E-state index contributed by atoms with van der Waals surface area (Å²) in [5, 5.41) is 0. The van der Waals surface area contributed by atoms with Crippen LogP contribution in [0.15, 0.2) is 11.0 Å². The van der Waals surface area contributed by atoms with Crippen molar-refractivity contribution in [2.45, 2.75) is 69.4 Å². The number of sulfonamides is 1. The molecule has 1 aromatic rings. The van der Waals surface area contributed by atoms with E-state index in [2.05, 4.69) is 0 Å². The van der Waals surface area contributed by atoms with Crippen molar-refractivity contribution in [3.63, 3.8) is 0 Å². The smallest absolute Gasteiger partial charge is 0.207 e. The first kappa shape index (κ1) is 13.6. The van der Waals surface area contributed by atoms with Crippen LogP contribution in [-0.2, 0) is 10.0 Å². The fraction of sp³-hybridized carbons (Fsp3) is 0.714. The second-order valence-corrected chi connectivity index (χ2v) is 9.05. The molecule has 0 saturated heterocycles. The normalized spacial score (nSPS) is 21.4. The summed E-state index contributed by atoms with van der Waals surface area (Å²) >= 11 is 1.58. The van der Waals surface area contributed by atoms with Crippen LogP contribution in [0.2, 0.25) is 0 Å². The van der Waals surface area contributed by atoms with Gasteiger partial charge in [0.2, 0.25) is 10.0 Å². The molecular formula is C14H21NO2S2. The zero-order valence-electron chi connectivity index (χ0n) is 11.6. The van der Waals surface area contributed by atoms with E-state index in [1.165, 1.54) is 12.8 Å². The van der Waals surface area contributed by atoms with Gasteiger partial charge in [0, 0.05) is 21.8 Å². The lowest BCUT2D eigenvalue weighted by Crippen LogP contribution is -2.40.